The van der Waals surface area contributed by atoms with Gasteiger partial charge in [0.25, 0.3) is 0 Å². The van der Waals surface area contributed by atoms with Gasteiger partial charge >= 0.3 is 0 Å². The summed E-state index contributed by atoms with van der Waals surface area (Å²) in [6.07, 6.45) is 2.21. The molecule has 0 spiro atoms. The van der Waals surface area contributed by atoms with Gasteiger partial charge in [-0.3, -0.25) is 4.90 Å². The van der Waals surface area contributed by atoms with E-state index in [0.717, 1.165) is 43.6 Å². The zero-order valence-corrected chi connectivity index (χ0v) is 19.5. The molecule has 31 heavy (non-hydrogen) atoms. The largest absolute Gasteiger partial charge is 0.379 e. The van der Waals surface area contributed by atoms with E-state index in [0.29, 0.717) is 24.7 Å². The number of benzene rings is 2. The minimum Gasteiger partial charge on any atom is -0.379 e. The van der Waals surface area contributed by atoms with Crippen molar-refractivity contribution in [3.63, 3.8) is 0 Å². The number of hydrogen-bond donors (Lipinski definition) is 1. The lowest BCUT2D eigenvalue weighted by molar-refractivity contribution is 0.0172. The zero-order chi connectivity index (χ0) is 22.0. The first-order chi connectivity index (χ1) is 14.8. The summed E-state index contributed by atoms with van der Waals surface area (Å²) in [5, 5.41) is 0. The predicted molar refractivity (Wildman–Crippen MR) is 124 cm³/mol. The molecule has 0 amide bonds. The fourth-order valence-electron chi connectivity index (χ4n) is 4.51. The summed E-state index contributed by atoms with van der Waals surface area (Å²) in [5.74, 6) is 0. The maximum absolute atomic E-state index is 13.0. The minimum absolute atomic E-state index is 0.0252. The number of morpholine rings is 1. The third-order valence-corrected chi connectivity index (χ3v) is 8.00. The fraction of sp³-hybridized carbons (Fsp3) is 0.500. The smallest absolute Gasteiger partial charge is 0.240 e. The number of fused-ring (bicyclic) bond motifs is 1. The number of rotatable bonds is 6. The molecule has 1 atom stereocenters. The first-order valence-electron chi connectivity index (χ1n) is 11.1. The Kier molecular flexibility index (Phi) is 6.67. The van der Waals surface area contributed by atoms with E-state index in [-0.39, 0.29) is 6.04 Å². The molecule has 0 bridgehead atoms. The van der Waals surface area contributed by atoms with Crippen molar-refractivity contribution in [2.75, 3.05) is 51.3 Å². The molecular weight excluding hydrogens is 410 g/mol. The number of anilines is 1. The summed E-state index contributed by atoms with van der Waals surface area (Å²) in [5.41, 5.74) is 5.86. The van der Waals surface area contributed by atoms with E-state index < -0.39 is 10.0 Å². The van der Waals surface area contributed by atoms with Crippen molar-refractivity contribution in [2.45, 2.75) is 37.6 Å². The molecule has 2 aliphatic rings. The second kappa shape index (κ2) is 9.28. The summed E-state index contributed by atoms with van der Waals surface area (Å²) in [7, 11) is -1.45. The maximum Gasteiger partial charge on any atom is 0.240 e. The number of nitrogens with one attached hydrogen (secondary N) is 1. The quantitative estimate of drug-likeness (QED) is 0.744. The second-order valence-electron chi connectivity index (χ2n) is 8.68. The molecule has 1 fully saturated rings. The molecule has 4 rings (SSSR count). The van der Waals surface area contributed by atoms with Crippen molar-refractivity contribution in [3.05, 3.63) is 58.7 Å². The molecule has 6 nitrogen and oxygen atoms in total. The van der Waals surface area contributed by atoms with Gasteiger partial charge in [0.15, 0.2) is 0 Å². The van der Waals surface area contributed by atoms with E-state index in [4.69, 9.17) is 4.74 Å². The summed E-state index contributed by atoms with van der Waals surface area (Å²) in [6.45, 7) is 8.29. The van der Waals surface area contributed by atoms with Crippen LogP contribution < -0.4 is 9.62 Å². The van der Waals surface area contributed by atoms with Crippen molar-refractivity contribution in [1.29, 1.82) is 0 Å². The number of ether oxygens (including phenoxy) is 1. The Morgan fingerprint density at radius 1 is 1.03 bits per heavy atom. The van der Waals surface area contributed by atoms with Gasteiger partial charge in [-0.15, -0.1) is 0 Å². The van der Waals surface area contributed by atoms with Gasteiger partial charge in [0.2, 0.25) is 10.0 Å². The molecule has 0 saturated carbocycles. The highest BCUT2D eigenvalue weighted by Gasteiger charge is 2.26. The molecule has 0 radical (unpaired) electrons. The van der Waals surface area contributed by atoms with Gasteiger partial charge in [0.1, 0.15) is 0 Å². The molecular formula is C24H33N3O3S. The average molecular weight is 444 g/mol. The standard InChI is InChI=1S/C24H33N3O3S/c1-18-6-8-22(15-19(18)2)31(28,29)25-17-24(27-11-13-30-14-12-27)21-7-9-23-20(16-21)5-4-10-26(23)3/h6-9,15-16,24-25H,4-5,10-14,17H2,1-3H3. The van der Waals surface area contributed by atoms with Crippen LogP contribution in [0, 0.1) is 13.8 Å². The van der Waals surface area contributed by atoms with Crippen LogP contribution in [0.3, 0.4) is 0 Å². The normalized spacial score (nSPS) is 18.6. The molecule has 1 unspecified atom stereocenters. The molecule has 0 aliphatic carbocycles. The van der Waals surface area contributed by atoms with Crippen LogP contribution in [-0.2, 0) is 21.2 Å². The van der Waals surface area contributed by atoms with E-state index in [1.54, 1.807) is 12.1 Å². The lowest BCUT2D eigenvalue weighted by atomic mass is 9.96. The predicted octanol–water partition coefficient (Wildman–Crippen LogP) is 3.04. The van der Waals surface area contributed by atoms with Gasteiger partial charge in [-0.2, -0.15) is 0 Å². The van der Waals surface area contributed by atoms with Gasteiger partial charge in [0.05, 0.1) is 18.1 Å². The summed E-state index contributed by atoms with van der Waals surface area (Å²) in [6, 6.07) is 11.9. The summed E-state index contributed by atoms with van der Waals surface area (Å²) >= 11 is 0. The molecule has 2 heterocycles. The van der Waals surface area contributed by atoms with Gasteiger partial charge in [-0.05, 0) is 67.1 Å². The van der Waals surface area contributed by atoms with Crippen LogP contribution in [0.25, 0.3) is 0 Å². The number of aryl methyl sites for hydroxylation is 3. The van der Waals surface area contributed by atoms with E-state index in [9.17, 15) is 8.42 Å². The van der Waals surface area contributed by atoms with Crippen LogP contribution in [0.4, 0.5) is 5.69 Å². The first kappa shape index (κ1) is 22.3. The summed E-state index contributed by atoms with van der Waals surface area (Å²) < 4.78 is 34.5. The van der Waals surface area contributed by atoms with Gasteiger partial charge in [-0.1, -0.05) is 18.2 Å². The van der Waals surface area contributed by atoms with Crippen LogP contribution in [0.1, 0.15) is 34.7 Å². The number of sulfonamides is 1. The van der Waals surface area contributed by atoms with Crippen LogP contribution >= 0.6 is 0 Å². The number of nitrogens with zero attached hydrogens (tertiary/aromatic N) is 2. The monoisotopic (exact) mass is 443 g/mol. The Morgan fingerprint density at radius 2 is 1.81 bits per heavy atom. The van der Waals surface area contributed by atoms with Gasteiger partial charge < -0.3 is 9.64 Å². The SMILES string of the molecule is Cc1ccc(S(=O)(=O)NCC(c2ccc3c(c2)CCCN3C)N2CCOCC2)cc1C. The minimum atomic E-state index is -3.58. The van der Waals surface area contributed by atoms with Crippen molar-refractivity contribution >= 4 is 15.7 Å². The molecule has 7 heteroatoms. The Hall–Kier alpha value is -1.93. The van der Waals surface area contributed by atoms with Gasteiger partial charge in [-0.25, -0.2) is 13.1 Å². The molecule has 2 aliphatic heterocycles. The Bertz CT molecular complexity index is 1030. The zero-order valence-electron chi connectivity index (χ0n) is 18.7. The van der Waals surface area contributed by atoms with Crippen molar-refractivity contribution in [3.8, 4) is 0 Å². The second-order valence-corrected chi connectivity index (χ2v) is 10.4. The molecule has 1 saturated heterocycles. The molecule has 2 aromatic rings. The first-order valence-corrected chi connectivity index (χ1v) is 12.6. The Morgan fingerprint density at radius 3 is 2.55 bits per heavy atom. The van der Waals surface area contributed by atoms with Crippen LogP contribution in [0.2, 0.25) is 0 Å². The third kappa shape index (κ3) is 4.95. The average Bonchev–Trinajstić information content (AvgIpc) is 2.76. The highest BCUT2D eigenvalue weighted by Crippen LogP contribution is 2.31. The third-order valence-electron chi connectivity index (χ3n) is 6.58. The molecule has 2 aromatic carbocycles. The molecule has 1 N–H and O–H groups in total. The van der Waals surface area contributed by atoms with Crippen LogP contribution in [-0.4, -0.2) is 59.8 Å². The molecule has 168 valence electrons. The Balaban J connectivity index is 1.59. The lowest BCUT2D eigenvalue weighted by Gasteiger charge is -2.36. The van der Waals surface area contributed by atoms with E-state index >= 15 is 0 Å². The van der Waals surface area contributed by atoms with Crippen LogP contribution in [0.15, 0.2) is 41.3 Å². The maximum atomic E-state index is 13.0. The fourth-order valence-corrected chi connectivity index (χ4v) is 5.64. The van der Waals surface area contributed by atoms with E-state index in [1.165, 1.54) is 16.8 Å². The van der Waals surface area contributed by atoms with Crippen molar-refractivity contribution in [1.82, 2.24) is 9.62 Å². The molecule has 0 aromatic heterocycles. The van der Waals surface area contributed by atoms with E-state index in [2.05, 4.69) is 39.8 Å². The van der Waals surface area contributed by atoms with Gasteiger partial charge in [0, 0.05) is 45.0 Å². The lowest BCUT2D eigenvalue weighted by Crippen LogP contribution is -2.43. The topological polar surface area (TPSA) is 61.9 Å². The highest BCUT2D eigenvalue weighted by molar-refractivity contribution is 7.89. The number of hydrogen-bond acceptors (Lipinski definition) is 5. The Labute approximate surface area is 186 Å². The van der Waals surface area contributed by atoms with Crippen molar-refractivity contribution < 1.29 is 13.2 Å². The highest BCUT2D eigenvalue weighted by atomic mass is 32.2. The van der Waals surface area contributed by atoms with Crippen LogP contribution in [0.5, 0.6) is 0 Å². The van der Waals surface area contributed by atoms with Crippen molar-refractivity contribution in [2.24, 2.45) is 0 Å². The summed E-state index contributed by atoms with van der Waals surface area (Å²) in [4.78, 5) is 4.96. The van der Waals surface area contributed by atoms with E-state index in [1.807, 2.05) is 19.9 Å².